The number of thioether (sulfide) groups is 1. The maximum absolute atomic E-state index is 10.5. The molecule has 2 aliphatic rings. The summed E-state index contributed by atoms with van der Waals surface area (Å²) in [7, 11) is 0. The molecule has 0 aromatic carbocycles. The molecule has 1 heterocycles. The van der Waals surface area contributed by atoms with Gasteiger partial charge in [-0.25, -0.2) is 0 Å². The zero-order valence-corrected chi connectivity index (χ0v) is 11.0. The second kappa shape index (κ2) is 5.59. The summed E-state index contributed by atoms with van der Waals surface area (Å²) < 4.78 is 11.8. The van der Waals surface area contributed by atoms with Crippen LogP contribution in [-0.2, 0) is 14.3 Å². The van der Waals surface area contributed by atoms with Crippen LogP contribution in [0.15, 0.2) is 0 Å². The van der Waals surface area contributed by atoms with Gasteiger partial charge < -0.3 is 14.6 Å². The summed E-state index contributed by atoms with van der Waals surface area (Å²) >= 11 is 1.66. The second-order valence-corrected chi connectivity index (χ2v) is 6.38. The maximum atomic E-state index is 10.5. The molecule has 0 aromatic heterocycles. The Kier molecular flexibility index (Phi) is 4.33. The van der Waals surface area contributed by atoms with Gasteiger partial charge in [0.05, 0.1) is 19.1 Å². The molecule has 2 rings (SSSR count). The molecule has 2 atom stereocenters. The molecule has 1 aliphatic heterocycles. The first-order chi connectivity index (χ1) is 8.10. The van der Waals surface area contributed by atoms with Crippen molar-refractivity contribution < 1.29 is 19.4 Å². The summed E-state index contributed by atoms with van der Waals surface area (Å²) in [6, 6.07) is 0. The van der Waals surface area contributed by atoms with Crippen molar-refractivity contribution in [1.82, 2.24) is 0 Å². The van der Waals surface area contributed by atoms with Gasteiger partial charge in [0, 0.05) is 23.8 Å². The van der Waals surface area contributed by atoms with Crippen molar-refractivity contribution in [2.45, 2.75) is 56.2 Å². The lowest BCUT2D eigenvalue weighted by Crippen LogP contribution is -2.27. The Morgan fingerprint density at radius 2 is 2.24 bits per heavy atom. The van der Waals surface area contributed by atoms with Gasteiger partial charge in [-0.2, -0.15) is 11.8 Å². The van der Waals surface area contributed by atoms with E-state index in [2.05, 4.69) is 0 Å². The Balaban J connectivity index is 1.69. The van der Waals surface area contributed by atoms with Crippen molar-refractivity contribution in [3.05, 3.63) is 0 Å². The van der Waals surface area contributed by atoms with E-state index >= 15 is 0 Å². The molecule has 17 heavy (non-hydrogen) atoms. The lowest BCUT2D eigenvalue weighted by molar-refractivity contribution is -0.159. The van der Waals surface area contributed by atoms with Gasteiger partial charge in [-0.05, 0) is 12.8 Å². The van der Waals surface area contributed by atoms with Gasteiger partial charge in [0.1, 0.15) is 0 Å². The number of hydrogen-bond donors (Lipinski definition) is 1. The van der Waals surface area contributed by atoms with Crippen molar-refractivity contribution in [2.75, 3.05) is 12.4 Å². The Hall–Kier alpha value is -0.260. The highest BCUT2D eigenvalue weighted by Crippen LogP contribution is 2.39. The molecule has 98 valence electrons. The fourth-order valence-electron chi connectivity index (χ4n) is 2.45. The third-order valence-corrected chi connectivity index (χ3v) is 4.61. The molecule has 0 amide bonds. The zero-order valence-electron chi connectivity index (χ0n) is 10.2. The molecule has 0 aromatic rings. The van der Waals surface area contributed by atoms with Gasteiger partial charge in [-0.15, -0.1) is 0 Å². The molecule has 2 unspecified atom stereocenters. The van der Waals surface area contributed by atoms with Crippen molar-refractivity contribution in [2.24, 2.45) is 0 Å². The van der Waals surface area contributed by atoms with E-state index in [9.17, 15) is 4.79 Å². The molecule has 2 fully saturated rings. The number of carboxylic acids is 1. The highest BCUT2D eigenvalue weighted by atomic mass is 32.2. The van der Waals surface area contributed by atoms with E-state index in [0.717, 1.165) is 18.6 Å². The Bertz CT molecular complexity index is 276. The van der Waals surface area contributed by atoms with Crippen molar-refractivity contribution in [1.29, 1.82) is 0 Å². The number of rotatable bonds is 5. The summed E-state index contributed by atoms with van der Waals surface area (Å²) in [4.78, 5) is 10.5. The molecule has 1 spiro atoms. The first-order valence-electron chi connectivity index (χ1n) is 6.25. The summed E-state index contributed by atoms with van der Waals surface area (Å²) in [5.41, 5.74) is 0. The van der Waals surface area contributed by atoms with E-state index in [0.29, 0.717) is 6.61 Å². The van der Waals surface area contributed by atoms with Crippen molar-refractivity contribution in [3.8, 4) is 0 Å². The summed E-state index contributed by atoms with van der Waals surface area (Å²) in [6.45, 7) is 2.60. The molecule has 0 radical (unpaired) electrons. The minimum Gasteiger partial charge on any atom is -0.481 e. The van der Waals surface area contributed by atoms with Crippen LogP contribution in [0.2, 0.25) is 0 Å². The molecule has 0 bridgehead atoms. The third-order valence-electron chi connectivity index (χ3n) is 3.31. The highest BCUT2D eigenvalue weighted by Gasteiger charge is 2.43. The summed E-state index contributed by atoms with van der Waals surface area (Å²) in [5, 5.41) is 8.81. The first kappa shape index (κ1) is 13.2. The van der Waals surface area contributed by atoms with Gasteiger partial charge in [0.25, 0.3) is 0 Å². The average Bonchev–Trinajstić information content (AvgIpc) is 2.86. The third kappa shape index (κ3) is 3.60. The normalized spacial score (nSPS) is 28.6. The highest BCUT2D eigenvalue weighted by molar-refractivity contribution is 7.99. The van der Waals surface area contributed by atoms with E-state index in [-0.39, 0.29) is 23.6 Å². The Morgan fingerprint density at radius 1 is 1.53 bits per heavy atom. The Morgan fingerprint density at radius 3 is 2.88 bits per heavy atom. The smallest absolute Gasteiger partial charge is 0.304 e. The number of ether oxygens (including phenoxy) is 2. The van der Waals surface area contributed by atoms with Gasteiger partial charge in [0.2, 0.25) is 0 Å². The number of carbonyl (C=O) groups is 1. The number of aliphatic carboxylic acids is 1. The van der Waals surface area contributed by atoms with Crippen LogP contribution < -0.4 is 0 Å². The van der Waals surface area contributed by atoms with Crippen LogP contribution in [0.4, 0.5) is 0 Å². The largest absolute Gasteiger partial charge is 0.481 e. The molecule has 1 saturated heterocycles. The molecule has 5 heteroatoms. The Labute approximate surface area is 106 Å². The lowest BCUT2D eigenvalue weighted by atomic mass is 10.2. The fraction of sp³-hybridized carbons (Fsp3) is 0.917. The van der Waals surface area contributed by atoms with E-state index in [4.69, 9.17) is 14.6 Å². The lowest BCUT2D eigenvalue weighted by Gasteiger charge is -2.22. The average molecular weight is 260 g/mol. The van der Waals surface area contributed by atoms with Crippen molar-refractivity contribution in [3.63, 3.8) is 0 Å². The SMILES string of the molecule is CC(CC(=O)O)SCC1COC2(CCCC2)O1. The number of hydrogen-bond acceptors (Lipinski definition) is 4. The molecule has 1 aliphatic carbocycles. The number of carboxylic acid groups (broad SMARTS) is 1. The van der Waals surface area contributed by atoms with Crippen LogP contribution in [0.1, 0.15) is 39.0 Å². The first-order valence-corrected chi connectivity index (χ1v) is 7.30. The van der Waals surface area contributed by atoms with Crippen LogP contribution in [0.25, 0.3) is 0 Å². The van der Waals surface area contributed by atoms with Gasteiger partial charge in [-0.1, -0.05) is 6.92 Å². The van der Waals surface area contributed by atoms with E-state index < -0.39 is 5.97 Å². The molecular formula is C12H20O4S. The van der Waals surface area contributed by atoms with E-state index in [1.54, 1.807) is 11.8 Å². The summed E-state index contributed by atoms with van der Waals surface area (Å²) in [6.07, 6.45) is 4.75. The molecular weight excluding hydrogens is 240 g/mol. The van der Waals surface area contributed by atoms with Gasteiger partial charge >= 0.3 is 5.97 Å². The molecule has 1 saturated carbocycles. The minimum absolute atomic E-state index is 0.134. The van der Waals surface area contributed by atoms with Gasteiger partial charge in [-0.3, -0.25) is 4.79 Å². The monoisotopic (exact) mass is 260 g/mol. The molecule has 4 nitrogen and oxygen atoms in total. The van der Waals surface area contributed by atoms with Gasteiger partial charge in [0.15, 0.2) is 5.79 Å². The summed E-state index contributed by atoms with van der Waals surface area (Å²) in [5.74, 6) is -0.196. The van der Waals surface area contributed by atoms with Crippen LogP contribution >= 0.6 is 11.8 Å². The van der Waals surface area contributed by atoms with Crippen LogP contribution in [0, 0.1) is 0 Å². The van der Waals surface area contributed by atoms with Crippen LogP contribution in [0.3, 0.4) is 0 Å². The predicted molar refractivity (Wildman–Crippen MR) is 66.2 cm³/mol. The standard InChI is InChI=1S/C12H20O4S/c1-9(6-11(13)14)17-8-10-7-15-12(16-10)4-2-3-5-12/h9-10H,2-8H2,1H3,(H,13,14). The van der Waals surface area contributed by atoms with E-state index in [1.807, 2.05) is 6.92 Å². The fourth-order valence-corrected chi connectivity index (χ4v) is 3.42. The van der Waals surface area contributed by atoms with Crippen LogP contribution in [-0.4, -0.2) is 40.6 Å². The van der Waals surface area contributed by atoms with Crippen molar-refractivity contribution >= 4 is 17.7 Å². The minimum atomic E-state index is -0.735. The maximum Gasteiger partial charge on any atom is 0.304 e. The zero-order chi connectivity index (χ0) is 12.3. The second-order valence-electron chi connectivity index (χ2n) is 4.91. The van der Waals surface area contributed by atoms with E-state index in [1.165, 1.54) is 12.8 Å². The van der Waals surface area contributed by atoms with Crippen LogP contribution in [0.5, 0.6) is 0 Å². The predicted octanol–water partition coefficient (Wildman–Crippen LogP) is 2.27. The molecule has 1 N–H and O–H groups in total. The topological polar surface area (TPSA) is 55.8 Å². The quantitative estimate of drug-likeness (QED) is 0.821.